The molecule has 1 aromatic rings. The maximum Gasteiger partial charge on any atom is 0.306 e. The van der Waals surface area contributed by atoms with E-state index in [2.05, 4.69) is 4.98 Å². The van der Waals surface area contributed by atoms with E-state index in [1.807, 2.05) is 0 Å². The molecule has 0 radical (unpaired) electrons. The number of carboxylic acids is 1. The first-order chi connectivity index (χ1) is 6.42. The average Bonchev–Trinajstić information content (AvgIpc) is 2.02. The lowest BCUT2D eigenvalue weighted by molar-refractivity contribution is -0.142. The van der Waals surface area contributed by atoms with Crippen molar-refractivity contribution in [1.29, 1.82) is 0 Å². The first-order valence-corrected chi connectivity index (χ1v) is 4.36. The van der Waals surface area contributed by atoms with Crippen molar-refractivity contribution in [2.45, 2.75) is 18.9 Å². The van der Waals surface area contributed by atoms with E-state index < -0.39 is 11.6 Å². The third-order valence-electron chi connectivity index (χ3n) is 1.84. The molecule has 0 aliphatic heterocycles. The first-order valence-electron chi connectivity index (χ1n) is 3.98. The van der Waals surface area contributed by atoms with Crippen LogP contribution < -0.4 is 0 Å². The topological polar surface area (TPSA) is 70.4 Å². The highest BCUT2D eigenvalue weighted by molar-refractivity contribution is 6.29. The van der Waals surface area contributed by atoms with Gasteiger partial charge in [-0.3, -0.25) is 4.79 Å². The van der Waals surface area contributed by atoms with E-state index in [0.29, 0.717) is 10.7 Å². The maximum absolute atomic E-state index is 10.4. The summed E-state index contributed by atoms with van der Waals surface area (Å²) >= 11 is 5.56. The number of pyridine rings is 1. The van der Waals surface area contributed by atoms with Gasteiger partial charge >= 0.3 is 5.97 Å². The molecule has 0 aliphatic carbocycles. The monoisotopic (exact) mass is 215 g/mol. The number of hydrogen-bond donors (Lipinski definition) is 2. The summed E-state index contributed by atoms with van der Waals surface area (Å²) in [6.07, 6.45) is 1.00. The molecule has 0 aromatic carbocycles. The first kappa shape index (κ1) is 10.9. The van der Waals surface area contributed by atoms with Gasteiger partial charge in [0.15, 0.2) is 0 Å². The van der Waals surface area contributed by atoms with Crippen LogP contribution >= 0.6 is 11.6 Å². The molecule has 0 spiro atoms. The number of carbonyl (C=O) groups is 1. The van der Waals surface area contributed by atoms with Crippen molar-refractivity contribution in [3.05, 3.63) is 29.0 Å². The Morgan fingerprint density at radius 1 is 1.64 bits per heavy atom. The van der Waals surface area contributed by atoms with E-state index in [0.717, 1.165) is 0 Å². The van der Waals surface area contributed by atoms with Crippen LogP contribution in [-0.4, -0.2) is 21.2 Å². The summed E-state index contributed by atoms with van der Waals surface area (Å²) < 4.78 is 0. The van der Waals surface area contributed by atoms with E-state index in [-0.39, 0.29) is 6.42 Å². The Balaban J connectivity index is 2.91. The summed E-state index contributed by atoms with van der Waals surface area (Å²) in [6.45, 7) is 1.42. The zero-order chi connectivity index (χ0) is 10.8. The Morgan fingerprint density at radius 3 is 2.71 bits per heavy atom. The molecule has 76 valence electrons. The molecule has 1 aromatic heterocycles. The average molecular weight is 216 g/mol. The lowest BCUT2D eigenvalue weighted by Crippen LogP contribution is -2.25. The van der Waals surface area contributed by atoms with Gasteiger partial charge in [0.05, 0.1) is 12.0 Å². The fourth-order valence-electron chi connectivity index (χ4n) is 1.09. The molecule has 0 saturated carbocycles. The fraction of sp³-hybridized carbons (Fsp3) is 0.333. The van der Waals surface area contributed by atoms with Gasteiger partial charge in [0.2, 0.25) is 0 Å². The van der Waals surface area contributed by atoms with Gasteiger partial charge in [-0.05, 0) is 13.0 Å². The van der Waals surface area contributed by atoms with Crippen molar-refractivity contribution in [3.8, 4) is 0 Å². The number of carboxylic acid groups (broad SMARTS) is 1. The molecule has 2 N–H and O–H groups in total. The molecule has 1 unspecified atom stereocenters. The van der Waals surface area contributed by atoms with Gasteiger partial charge in [0, 0.05) is 11.8 Å². The van der Waals surface area contributed by atoms with E-state index in [9.17, 15) is 9.90 Å². The van der Waals surface area contributed by atoms with Crippen molar-refractivity contribution in [2.75, 3.05) is 0 Å². The molecule has 1 heterocycles. The summed E-state index contributed by atoms with van der Waals surface area (Å²) in [5.74, 6) is -1.06. The smallest absolute Gasteiger partial charge is 0.306 e. The van der Waals surface area contributed by atoms with E-state index in [4.69, 9.17) is 16.7 Å². The van der Waals surface area contributed by atoms with Gasteiger partial charge in [0.25, 0.3) is 0 Å². The highest BCUT2D eigenvalue weighted by atomic mass is 35.5. The Bertz CT molecular complexity index is 334. The lowest BCUT2D eigenvalue weighted by Gasteiger charge is -2.20. The Morgan fingerprint density at radius 2 is 2.29 bits per heavy atom. The molecule has 5 heteroatoms. The molecule has 0 fully saturated rings. The Labute approximate surface area is 86.2 Å². The number of aliphatic carboxylic acids is 1. The third kappa shape index (κ3) is 2.68. The standard InChI is InChI=1S/C9H10ClNO3/c1-9(14,4-8(12)13)6-2-3-7(10)11-5-6/h2-3,5,14H,4H2,1H3,(H,12,13). The van der Waals surface area contributed by atoms with Gasteiger partial charge in [0.1, 0.15) is 5.15 Å². The number of nitrogens with zero attached hydrogens (tertiary/aromatic N) is 1. The Kier molecular flexibility index (Phi) is 3.08. The fourth-order valence-corrected chi connectivity index (χ4v) is 1.20. The van der Waals surface area contributed by atoms with Crippen LogP contribution in [0, 0.1) is 0 Å². The minimum Gasteiger partial charge on any atom is -0.481 e. The van der Waals surface area contributed by atoms with E-state index in [1.165, 1.54) is 19.2 Å². The van der Waals surface area contributed by atoms with Gasteiger partial charge in [-0.15, -0.1) is 0 Å². The SMILES string of the molecule is CC(O)(CC(=O)O)c1ccc(Cl)nc1. The molecule has 0 aliphatic rings. The zero-order valence-corrected chi connectivity index (χ0v) is 8.32. The van der Waals surface area contributed by atoms with Gasteiger partial charge in [-0.25, -0.2) is 4.98 Å². The summed E-state index contributed by atoms with van der Waals surface area (Å²) in [4.78, 5) is 14.2. The van der Waals surface area contributed by atoms with Gasteiger partial charge in [-0.2, -0.15) is 0 Å². The van der Waals surface area contributed by atoms with Gasteiger partial charge < -0.3 is 10.2 Å². The second kappa shape index (κ2) is 3.94. The minimum absolute atomic E-state index is 0.305. The van der Waals surface area contributed by atoms with Crippen molar-refractivity contribution >= 4 is 17.6 Å². The molecule has 0 saturated heterocycles. The molecule has 14 heavy (non-hydrogen) atoms. The van der Waals surface area contributed by atoms with Crippen LogP contribution in [0.5, 0.6) is 0 Å². The van der Waals surface area contributed by atoms with E-state index in [1.54, 1.807) is 6.07 Å². The number of aliphatic hydroxyl groups is 1. The predicted octanol–water partition coefficient (Wildman–Crippen LogP) is 1.42. The number of aromatic nitrogens is 1. The molecular weight excluding hydrogens is 206 g/mol. The van der Waals surface area contributed by atoms with Crippen LogP contribution in [-0.2, 0) is 10.4 Å². The van der Waals surface area contributed by atoms with Crippen LogP contribution in [0.15, 0.2) is 18.3 Å². The van der Waals surface area contributed by atoms with Crippen molar-refractivity contribution in [3.63, 3.8) is 0 Å². The van der Waals surface area contributed by atoms with E-state index >= 15 is 0 Å². The maximum atomic E-state index is 10.4. The van der Waals surface area contributed by atoms with Crippen molar-refractivity contribution in [2.24, 2.45) is 0 Å². The molecule has 0 bridgehead atoms. The van der Waals surface area contributed by atoms with Crippen LogP contribution in [0.1, 0.15) is 18.9 Å². The van der Waals surface area contributed by atoms with Crippen LogP contribution in [0.25, 0.3) is 0 Å². The quantitative estimate of drug-likeness (QED) is 0.749. The predicted molar refractivity (Wildman–Crippen MR) is 51.1 cm³/mol. The summed E-state index contributed by atoms with van der Waals surface area (Å²) in [5, 5.41) is 18.6. The largest absolute Gasteiger partial charge is 0.481 e. The highest BCUT2D eigenvalue weighted by Gasteiger charge is 2.26. The summed E-state index contributed by atoms with van der Waals surface area (Å²) in [6, 6.07) is 3.06. The Hall–Kier alpha value is -1.13. The zero-order valence-electron chi connectivity index (χ0n) is 7.57. The number of hydrogen-bond acceptors (Lipinski definition) is 3. The number of rotatable bonds is 3. The number of halogens is 1. The molecule has 1 rings (SSSR count). The lowest BCUT2D eigenvalue weighted by atomic mass is 9.94. The summed E-state index contributed by atoms with van der Waals surface area (Å²) in [5.41, 5.74) is -0.979. The normalized spacial score (nSPS) is 14.8. The minimum atomic E-state index is -1.41. The molecule has 0 amide bonds. The molecule has 1 atom stereocenters. The van der Waals surface area contributed by atoms with Crippen molar-refractivity contribution < 1.29 is 15.0 Å². The summed E-state index contributed by atoms with van der Waals surface area (Å²) in [7, 11) is 0. The second-order valence-electron chi connectivity index (χ2n) is 3.21. The van der Waals surface area contributed by atoms with Crippen LogP contribution in [0.4, 0.5) is 0 Å². The molecular formula is C9H10ClNO3. The highest BCUT2D eigenvalue weighted by Crippen LogP contribution is 2.24. The second-order valence-corrected chi connectivity index (χ2v) is 3.60. The van der Waals surface area contributed by atoms with Gasteiger partial charge in [-0.1, -0.05) is 17.7 Å². The third-order valence-corrected chi connectivity index (χ3v) is 2.07. The van der Waals surface area contributed by atoms with Crippen LogP contribution in [0.3, 0.4) is 0 Å². The molecule has 4 nitrogen and oxygen atoms in total. The van der Waals surface area contributed by atoms with Crippen molar-refractivity contribution in [1.82, 2.24) is 4.98 Å². The van der Waals surface area contributed by atoms with Crippen LogP contribution in [0.2, 0.25) is 5.15 Å².